The summed E-state index contributed by atoms with van der Waals surface area (Å²) in [5.41, 5.74) is 1.04. The maximum atomic E-state index is 11.9. The summed E-state index contributed by atoms with van der Waals surface area (Å²) in [4.78, 5) is 13.8. The lowest BCUT2D eigenvalue weighted by atomic mass is 10.2. The number of fused-ring (bicyclic) bond motifs is 1. The Morgan fingerprint density at radius 3 is 2.83 bits per heavy atom. The van der Waals surface area contributed by atoms with E-state index in [1.807, 2.05) is 37.2 Å². The summed E-state index contributed by atoms with van der Waals surface area (Å²) in [7, 11) is 3.79. The summed E-state index contributed by atoms with van der Waals surface area (Å²) in [6.45, 7) is 0.464. The molecule has 3 aromatic rings. The maximum Gasteiger partial charge on any atom is 0.331 e. The first-order chi connectivity index (χ1) is 11.5. The highest BCUT2D eigenvalue weighted by Gasteiger charge is 2.18. The number of azo groups is 1. The Hall–Kier alpha value is -2.45. The minimum atomic E-state index is -0.608. The van der Waals surface area contributed by atoms with Crippen LogP contribution in [-0.4, -0.2) is 34.6 Å². The van der Waals surface area contributed by atoms with Gasteiger partial charge in [-0.25, -0.2) is 0 Å². The second kappa shape index (κ2) is 6.58. The van der Waals surface area contributed by atoms with Gasteiger partial charge >= 0.3 is 5.91 Å². The summed E-state index contributed by atoms with van der Waals surface area (Å²) in [6, 6.07) is 8.68. The minimum Gasteiger partial charge on any atom is -0.493 e. The molecule has 0 aliphatic heterocycles. The van der Waals surface area contributed by atoms with Gasteiger partial charge in [0, 0.05) is 9.86 Å². The lowest BCUT2D eigenvalue weighted by Crippen LogP contribution is -2.16. The average molecular weight is 391 g/mol. The van der Waals surface area contributed by atoms with E-state index in [1.54, 1.807) is 10.6 Å². The number of benzene rings is 1. The van der Waals surface area contributed by atoms with E-state index in [9.17, 15) is 9.90 Å². The molecular weight excluding hydrogens is 376 g/mol. The predicted octanol–water partition coefficient (Wildman–Crippen LogP) is 4.15. The van der Waals surface area contributed by atoms with E-state index in [2.05, 4.69) is 26.2 Å². The minimum absolute atomic E-state index is 0.0483. The zero-order valence-electron chi connectivity index (χ0n) is 13.1. The lowest BCUT2D eigenvalue weighted by Gasteiger charge is -2.13. The van der Waals surface area contributed by atoms with Crippen molar-refractivity contribution in [2.24, 2.45) is 10.2 Å². The molecule has 8 heteroatoms. The van der Waals surface area contributed by atoms with Gasteiger partial charge in [-0.15, -0.1) is 10.2 Å². The highest BCUT2D eigenvalue weighted by atomic mass is 79.9. The Bertz CT molecular complexity index is 913. The van der Waals surface area contributed by atoms with Crippen LogP contribution in [0.4, 0.5) is 5.69 Å². The summed E-state index contributed by atoms with van der Waals surface area (Å²) in [6.07, 6.45) is 1.39. The van der Waals surface area contributed by atoms with Crippen molar-refractivity contribution in [1.29, 1.82) is 0 Å². The second-order valence-corrected chi connectivity index (χ2v) is 6.38. The molecule has 0 radical (unpaired) electrons. The Morgan fingerprint density at radius 1 is 1.38 bits per heavy atom. The van der Waals surface area contributed by atoms with Crippen molar-refractivity contribution < 1.29 is 14.3 Å². The molecule has 24 heavy (non-hydrogen) atoms. The second-order valence-electron chi connectivity index (χ2n) is 5.47. The van der Waals surface area contributed by atoms with Crippen LogP contribution >= 0.6 is 15.9 Å². The number of halogens is 1. The SMILES string of the molecule is CN(C)Cn1c(O)c(N=NC(=O)c2ccco2)c2cc(Br)ccc21. The molecule has 1 aromatic carbocycles. The highest BCUT2D eigenvalue weighted by Crippen LogP contribution is 2.40. The van der Waals surface area contributed by atoms with Gasteiger partial charge in [-0.1, -0.05) is 15.9 Å². The van der Waals surface area contributed by atoms with Crippen molar-refractivity contribution in [3.63, 3.8) is 0 Å². The molecule has 7 nitrogen and oxygen atoms in total. The van der Waals surface area contributed by atoms with E-state index in [0.29, 0.717) is 12.1 Å². The van der Waals surface area contributed by atoms with Gasteiger partial charge in [-0.2, -0.15) is 0 Å². The molecule has 0 unspecified atom stereocenters. The third-order valence-electron chi connectivity index (χ3n) is 3.37. The number of furan rings is 1. The molecular formula is C16H15BrN4O3. The van der Waals surface area contributed by atoms with Gasteiger partial charge in [0.25, 0.3) is 0 Å². The van der Waals surface area contributed by atoms with Crippen LogP contribution in [0.15, 0.2) is 55.7 Å². The van der Waals surface area contributed by atoms with Crippen LogP contribution in [0.3, 0.4) is 0 Å². The molecule has 1 amide bonds. The number of hydrogen-bond acceptors (Lipinski definition) is 5. The molecule has 3 rings (SSSR count). The van der Waals surface area contributed by atoms with Gasteiger partial charge in [0.05, 0.1) is 18.4 Å². The van der Waals surface area contributed by atoms with Gasteiger partial charge < -0.3 is 9.52 Å². The van der Waals surface area contributed by atoms with Crippen LogP contribution in [0.25, 0.3) is 10.9 Å². The molecule has 0 saturated heterocycles. The number of amides is 1. The molecule has 0 atom stereocenters. The van der Waals surface area contributed by atoms with Gasteiger partial charge in [-0.3, -0.25) is 14.3 Å². The summed E-state index contributed by atoms with van der Waals surface area (Å²) < 4.78 is 7.53. The first kappa shape index (κ1) is 16.4. The van der Waals surface area contributed by atoms with Crippen LogP contribution in [-0.2, 0) is 6.67 Å². The van der Waals surface area contributed by atoms with E-state index in [0.717, 1.165) is 9.99 Å². The first-order valence-electron chi connectivity index (χ1n) is 7.12. The molecule has 1 N–H and O–H groups in total. The molecule has 0 aliphatic carbocycles. The summed E-state index contributed by atoms with van der Waals surface area (Å²) >= 11 is 3.41. The lowest BCUT2D eigenvalue weighted by molar-refractivity contribution is 0.0968. The van der Waals surface area contributed by atoms with Crippen LogP contribution < -0.4 is 0 Å². The fourth-order valence-corrected chi connectivity index (χ4v) is 2.73. The fourth-order valence-electron chi connectivity index (χ4n) is 2.37. The molecule has 2 aromatic heterocycles. The van der Waals surface area contributed by atoms with Crippen molar-refractivity contribution in [2.75, 3.05) is 14.1 Å². The predicted molar refractivity (Wildman–Crippen MR) is 92.5 cm³/mol. The molecule has 2 heterocycles. The van der Waals surface area contributed by atoms with E-state index >= 15 is 0 Å². The smallest absolute Gasteiger partial charge is 0.331 e. The number of carbonyl (C=O) groups is 1. The van der Waals surface area contributed by atoms with E-state index in [4.69, 9.17) is 4.42 Å². The van der Waals surface area contributed by atoms with Crippen molar-refractivity contribution >= 4 is 38.4 Å². The largest absolute Gasteiger partial charge is 0.493 e. The molecule has 0 saturated carbocycles. The van der Waals surface area contributed by atoms with Gasteiger partial charge in [0.15, 0.2) is 11.4 Å². The Labute approximate surface area is 146 Å². The van der Waals surface area contributed by atoms with Crippen molar-refractivity contribution in [1.82, 2.24) is 9.47 Å². The van der Waals surface area contributed by atoms with Crippen LogP contribution in [0.2, 0.25) is 0 Å². The number of aromatic nitrogens is 1. The molecule has 0 spiro atoms. The van der Waals surface area contributed by atoms with E-state index in [-0.39, 0.29) is 17.3 Å². The standard InChI is InChI=1S/C16H15BrN4O3/c1-20(2)9-21-12-6-5-10(17)8-11(12)14(16(21)23)18-19-15(22)13-4-3-7-24-13/h3-8,23H,9H2,1-2H3. The van der Waals surface area contributed by atoms with E-state index in [1.165, 1.54) is 12.3 Å². The summed E-state index contributed by atoms with van der Waals surface area (Å²) in [5, 5.41) is 18.8. The molecule has 0 aliphatic rings. The number of carbonyl (C=O) groups excluding carboxylic acids is 1. The van der Waals surface area contributed by atoms with Crippen molar-refractivity contribution in [3.8, 4) is 5.88 Å². The number of hydrogen-bond donors (Lipinski definition) is 1. The Balaban J connectivity index is 2.08. The Morgan fingerprint density at radius 2 is 2.17 bits per heavy atom. The normalized spacial score (nSPS) is 11.8. The van der Waals surface area contributed by atoms with Crippen molar-refractivity contribution in [2.45, 2.75) is 6.67 Å². The molecule has 124 valence electrons. The fraction of sp³-hybridized carbons (Fsp3) is 0.188. The molecule has 0 bridgehead atoms. The van der Waals surface area contributed by atoms with Crippen LogP contribution in [0.1, 0.15) is 10.6 Å². The van der Waals surface area contributed by atoms with E-state index < -0.39 is 5.91 Å². The monoisotopic (exact) mass is 390 g/mol. The number of aromatic hydroxyl groups is 1. The first-order valence-corrected chi connectivity index (χ1v) is 7.91. The van der Waals surface area contributed by atoms with Crippen LogP contribution in [0, 0.1) is 0 Å². The van der Waals surface area contributed by atoms with Gasteiger partial charge in [-0.05, 0) is 44.4 Å². The zero-order valence-corrected chi connectivity index (χ0v) is 14.7. The number of nitrogens with zero attached hydrogens (tertiary/aromatic N) is 4. The zero-order chi connectivity index (χ0) is 17.3. The summed E-state index contributed by atoms with van der Waals surface area (Å²) in [5.74, 6) is -0.563. The van der Waals surface area contributed by atoms with Crippen LogP contribution in [0.5, 0.6) is 5.88 Å². The highest BCUT2D eigenvalue weighted by molar-refractivity contribution is 9.10. The Kier molecular flexibility index (Phi) is 4.50. The average Bonchev–Trinajstić information content (AvgIpc) is 3.14. The third kappa shape index (κ3) is 3.10. The topological polar surface area (TPSA) is 83.3 Å². The van der Waals surface area contributed by atoms with Gasteiger partial charge in [0.1, 0.15) is 0 Å². The van der Waals surface area contributed by atoms with Gasteiger partial charge in [0.2, 0.25) is 5.88 Å². The number of rotatable bonds is 4. The molecule has 0 fully saturated rings. The van der Waals surface area contributed by atoms with Crippen molar-refractivity contribution in [3.05, 3.63) is 46.8 Å². The quantitative estimate of drug-likeness (QED) is 0.678. The maximum absolute atomic E-state index is 11.9. The third-order valence-corrected chi connectivity index (χ3v) is 3.86.